The monoisotopic (exact) mass is 264 g/mol. The lowest BCUT2D eigenvalue weighted by molar-refractivity contribution is -0.133. The summed E-state index contributed by atoms with van der Waals surface area (Å²) in [6.45, 7) is 6.52. The maximum Gasteiger partial charge on any atom is 0.225 e. The number of benzene rings is 1. The van der Waals surface area contributed by atoms with E-state index in [1.807, 2.05) is 36.1 Å². The number of nitrogen functional groups attached to an aromatic ring is 1. The SMILES string of the molecule is CCCN(Cc1cccc(N)c1)C(=O)CCOCC. The molecule has 0 aromatic heterocycles. The molecule has 0 saturated carbocycles. The molecule has 0 unspecified atom stereocenters. The fraction of sp³-hybridized carbons (Fsp3) is 0.533. The van der Waals surface area contributed by atoms with Crippen molar-refractivity contribution in [2.75, 3.05) is 25.5 Å². The van der Waals surface area contributed by atoms with Crippen LogP contribution in [0.1, 0.15) is 32.3 Å². The number of nitrogens with two attached hydrogens (primary N) is 1. The minimum Gasteiger partial charge on any atom is -0.399 e. The minimum atomic E-state index is 0.137. The number of amides is 1. The second kappa shape index (κ2) is 8.53. The first-order valence-corrected chi connectivity index (χ1v) is 6.87. The Kier molecular flexibility index (Phi) is 6.97. The van der Waals surface area contributed by atoms with Crippen LogP contribution in [0.5, 0.6) is 0 Å². The van der Waals surface area contributed by atoms with E-state index in [9.17, 15) is 4.79 Å². The molecule has 0 radical (unpaired) electrons. The molecule has 106 valence electrons. The first kappa shape index (κ1) is 15.5. The van der Waals surface area contributed by atoms with Gasteiger partial charge in [0.25, 0.3) is 0 Å². The van der Waals surface area contributed by atoms with E-state index in [0.717, 1.165) is 24.2 Å². The van der Waals surface area contributed by atoms with Gasteiger partial charge in [-0.3, -0.25) is 4.79 Å². The largest absolute Gasteiger partial charge is 0.399 e. The predicted octanol–water partition coefficient (Wildman–Crippen LogP) is 2.43. The summed E-state index contributed by atoms with van der Waals surface area (Å²) in [5, 5.41) is 0. The number of rotatable bonds is 8. The lowest BCUT2D eigenvalue weighted by Gasteiger charge is -2.22. The van der Waals surface area contributed by atoms with E-state index in [0.29, 0.717) is 26.2 Å². The van der Waals surface area contributed by atoms with Crippen LogP contribution in [0.25, 0.3) is 0 Å². The standard InChI is InChI=1S/C15H24N2O2/c1-3-9-17(15(18)8-10-19-4-2)12-13-6-5-7-14(16)11-13/h5-7,11H,3-4,8-10,12,16H2,1-2H3. The van der Waals surface area contributed by atoms with Crippen molar-refractivity contribution in [1.82, 2.24) is 4.90 Å². The van der Waals surface area contributed by atoms with Gasteiger partial charge in [-0.2, -0.15) is 0 Å². The minimum absolute atomic E-state index is 0.137. The summed E-state index contributed by atoms with van der Waals surface area (Å²) >= 11 is 0. The molecule has 1 aromatic rings. The zero-order valence-electron chi connectivity index (χ0n) is 11.9. The quantitative estimate of drug-likeness (QED) is 0.579. The molecule has 0 aliphatic heterocycles. The van der Waals surface area contributed by atoms with Gasteiger partial charge in [-0.05, 0) is 31.0 Å². The van der Waals surface area contributed by atoms with E-state index in [-0.39, 0.29) is 5.91 Å². The van der Waals surface area contributed by atoms with Crippen LogP contribution in [0.15, 0.2) is 24.3 Å². The Morgan fingerprint density at radius 1 is 1.37 bits per heavy atom. The van der Waals surface area contributed by atoms with Crippen molar-refractivity contribution >= 4 is 11.6 Å². The van der Waals surface area contributed by atoms with Gasteiger partial charge in [0.2, 0.25) is 5.91 Å². The van der Waals surface area contributed by atoms with Crippen molar-refractivity contribution in [3.05, 3.63) is 29.8 Å². The van der Waals surface area contributed by atoms with Crippen LogP contribution in [-0.4, -0.2) is 30.6 Å². The molecule has 1 aromatic carbocycles. The summed E-state index contributed by atoms with van der Waals surface area (Å²) in [7, 11) is 0. The van der Waals surface area contributed by atoms with Crippen LogP contribution < -0.4 is 5.73 Å². The van der Waals surface area contributed by atoms with E-state index in [4.69, 9.17) is 10.5 Å². The second-order valence-corrected chi connectivity index (χ2v) is 4.51. The van der Waals surface area contributed by atoms with E-state index in [1.165, 1.54) is 0 Å². The highest BCUT2D eigenvalue weighted by Gasteiger charge is 2.12. The lowest BCUT2D eigenvalue weighted by Crippen LogP contribution is -2.32. The third-order valence-electron chi connectivity index (χ3n) is 2.84. The molecule has 0 aliphatic carbocycles. The lowest BCUT2D eigenvalue weighted by atomic mass is 10.2. The van der Waals surface area contributed by atoms with Crippen LogP contribution in [-0.2, 0) is 16.1 Å². The maximum atomic E-state index is 12.1. The molecule has 0 saturated heterocycles. The van der Waals surface area contributed by atoms with Crippen molar-refractivity contribution in [1.29, 1.82) is 0 Å². The number of anilines is 1. The Morgan fingerprint density at radius 2 is 2.16 bits per heavy atom. The summed E-state index contributed by atoms with van der Waals surface area (Å²) in [6.07, 6.45) is 1.39. The first-order valence-electron chi connectivity index (χ1n) is 6.87. The van der Waals surface area contributed by atoms with Gasteiger partial charge in [0, 0.05) is 25.4 Å². The van der Waals surface area contributed by atoms with Crippen molar-refractivity contribution in [3.8, 4) is 0 Å². The molecule has 1 amide bonds. The fourth-order valence-corrected chi connectivity index (χ4v) is 1.94. The molecule has 0 heterocycles. The summed E-state index contributed by atoms with van der Waals surface area (Å²) in [6, 6.07) is 7.68. The number of hydrogen-bond donors (Lipinski definition) is 1. The molecular formula is C15H24N2O2. The number of carbonyl (C=O) groups excluding carboxylic acids is 1. The highest BCUT2D eigenvalue weighted by molar-refractivity contribution is 5.76. The Labute approximate surface area is 115 Å². The van der Waals surface area contributed by atoms with Crippen LogP contribution in [0.3, 0.4) is 0 Å². The number of ether oxygens (including phenoxy) is 1. The topological polar surface area (TPSA) is 55.6 Å². The third kappa shape index (κ3) is 5.75. The Hall–Kier alpha value is -1.55. The molecule has 0 aliphatic rings. The number of nitrogens with zero attached hydrogens (tertiary/aromatic N) is 1. The van der Waals surface area contributed by atoms with Gasteiger partial charge in [-0.15, -0.1) is 0 Å². The highest BCUT2D eigenvalue weighted by Crippen LogP contribution is 2.11. The first-order chi connectivity index (χ1) is 9.17. The smallest absolute Gasteiger partial charge is 0.225 e. The van der Waals surface area contributed by atoms with E-state index < -0.39 is 0 Å². The molecule has 19 heavy (non-hydrogen) atoms. The van der Waals surface area contributed by atoms with Crippen molar-refractivity contribution < 1.29 is 9.53 Å². The third-order valence-corrected chi connectivity index (χ3v) is 2.84. The van der Waals surface area contributed by atoms with Gasteiger partial charge in [0.1, 0.15) is 0 Å². The Balaban J connectivity index is 2.58. The highest BCUT2D eigenvalue weighted by atomic mass is 16.5. The van der Waals surface area contributed by atoms with E-state index in [1.54, 1.807) is 0 Å². The molecule has 4 heteroatoms. The molecular weight excluding hydrogens is 240 g/mol. The normalized spacial score (nSPS) is 10.4. The molecule has 1 rings (SSSR count). The molecule has 2 N–H and O–H groups in total. The second-order valence-electron chi connectivity index (χ2n) is 4.51. The predicted molar refractivity (Wildman–Crippen MR) is 77.7 cm³/mol. The average molecular weight is 264 g/mol. The van der Waals surface area contributed by atoms with Gasteiger partial charge in [-0.1, -0.05) is 19.1 Å². The number of carbonyl (C=O) groups is 1. The van der Waals surface area contributed by atoms with Gasteiger partial charge in [-0.25, -0.2) is 0 Å². The van der Waals surface area contributed by atoms with Crippen molar-refractivity contribution in [2.45, 2.75) is 33.2 Å². The molecule has 4 nitrogen and oxygen atoms in total. The molecule has 0 fully saturated rings. The van der Waals surface area contributed by atoms with Crippen molar-refractivity contribution in [2.24, 2.45) is 0 Å². The zero-order valence-corrected chi connectivity index (χ0v) is 11.9. The molecule has 0 spiro atoms. The summed E-state index contributed by atoms with van der Waals surface area (Å²) in [5.41, 5.74) is 7.56. The molecule has 0 atom stereocenters. The van der Waals surface area contributed by atoms with E-state index >= 15 is 0 Å². The van der Waals surface area contributed by atoms with Crippen LogP contribution in [0.4, 0.5) is 5.69 Å². The fourth-order valence-electron chi connectivity index (χ4n) is 1.94. The van der Waals surface area contributed by atoms with E-state index in [2.05, 4.69) is 6.92 Å². The Morgan fingerprint density at radius 3 is 2.79 bits per heavy atom. The van der Waals surface area contributed by atoms with Crippen molar-refractivity contribution in [3.63, 3.8) is 0 Å². The maximum absolute atomic E-state index is 12.1. The zero-order chi connectivity index (χ0) is 14.1. The summed E-state index contributed by atoms with van der Waals surface area (Å²) in [4.78, 5) is 14.0. The van der Waals surface area contributed by atoms with Gasteiger partial charge in [0.05, 0.1) is 13.0 Å². The van der Waals surface area contributed by atoms with Crippen LogP contribution in [0, 0.1) is 0 Å². The summed E-state index contributed by atoms with van der Waals surface area (Å²) < 4.78 is 5.23. The van der Waals surface area contributed by atoms with Crippen LogP contribution in [0.2, 0.25) is 0 Å². The summed E-state index contributed by atoms with van der Waals surface area (Å²) in [5.74, 6) is 0.137. The average Bonchev–Trinajstić information content (AvgIpc) is 2.38. The van der Waals surface area contributed by atoms with Gasteiger partial charge in [0.15, 0.2) is 0 Å². The van der Waals surface area contributed by atoms with Crippen LogP contribution >= 0.6 is 0 Å². The van der Waals surface area contributed by atoms with Gasteiger partial charge >= 0.3 is 0 Å². The number of hydrogen-bond acceptors (Lipinski definition) is 3. The Bertz CT molecular complexity index is 393. The molecule has 0 bridgehead atoms. The van der Waals surface area contributed by atoms with Gasteiger partial charge < -0.3 is 15.4 Å².